The highest BCUT2D eigenvalue weighted by Crippen LogP contribution is 2.25. The minimum absolute atomic E-state index is 0.0295. The van der Waals surface area contributed by atoms with Crippen LogP contribution in [-0.4, -0.2) is 30.9 Å². The molecule has 0 fully saturated rings. The van der Waals surface area contributed by atoms with Gasteiger partial charge in [0.15, 0.2) is 11.5 Å². The first-order chi connectivity index (χ1) is 12.0. The number of nitrogens with one attached hydrogen (secondary N) is 1. The van der Waals surface area contributed by atoms with Crippen molar-refractivity contribution in [1.82, 2.24) is 5.43 Å². The zero-order chi connectivity index (χ0) is 18.2. The van der Waals surface area contributed by atoms with Crippen molar-refractivity contribution in [2.24, 2.45) is 5.10 Å². The summed E-state index contributed by atoms with van der Waals surface area (Å²) in [5, 5.41) is 13.5. The third kappa shape index (κ3) is 5.09. The molecule has 0 unspecified atom stereocenters. The minimum atomic E-state index is -0.414. The van der Waals surface area contributed by atoms with Gasteiger partial charge >= 0.3 is 0 Å². The SMILES string of the molecule is C=CCOc1ccc(Br)cc1C(=O)N/N=C/c1ccc(O)c(OC)c1. The Morgan fingerprint density at radius 2 is 2.12 bits per heavy atom. The number of benzene rings is 2. The van der Waals surface area contributed by atoms with E-state index in [-0.39, 0.29) is 5.75 Å². The van der Waals surface area contributed by atoms with Crippen molar-refractivity contribution < 1.29 is 19.4 Å². The number of hydrazone groups is 1. The molecule has 0 radical (unpaired) electrons. The van der Waals surface area contributed by atoms with Crippen molar-refractivity contribution in [2.45, 2.75) is 0 Å². The summed E-state index contributed by atoms with van der Waals surface area (Å²) >= 11 is 3.33. The first kappa shape index (κ1) is 18.5. The Hall–Kier alpha value is -2.80. The van der Waals surface area contributed by atoms with E-state index < -0.39 is 5.91 Å². The molecule has 0 spiro atoms. The predicted molar refractivity (Wildman–Crippen MR) is 99.6 cm³/mol. The van der Waals surface area contributed by atoms with Crippen molar-refractivity contribution in [2.75, 3.05) is 13.7 Å². The van der Waals surface area contributed by atoms with E-state index in [4.69, 9.17) is 9.47 Å². The molecule has 25 heavy (non-hydrogen) atoms. The molecule has 2 aromatic rings. The fraction of sp³-hybridized carbons (Fsp3) is 0.111. The molecule has 0 bridgehead atoms. The number of amides is 1. The van der Waals surface area contributed by atoms with Crippen LogP contribution in [0.1, 0.15) is 15.9 Å². The number of hydrogen-bond donors (Lipinski definition) is 2. The summed E-state index contributed by atoms with van der Waals surface area (Å²) in [5.74, 6) is 0.369. The van der Waals surface area contributed by atoms with E-state index in [2.05, 4.69) is 33.0 Å². The molecule has 2 rings (SSSR count). The second-order valence-corrected chi connectivity index (χ2v) is 5.79. The average molecular weight is 405 g/mol. The maximum absolute atomic E-state index is 12.3. The van der Waals surface area contributed by atoms with E-state index in [0.29, 0.717) is 29.2 Å². The molecule has 6 nitrogen and oxygen atoms in total. The van der Waals surface area contributed by atoms with Crippen LogP contribution < -0.4 is 14.9 Å². The number of rotatable bonds is 7. The Labute approximate surface area is 153 Å². The average Bonchev–Trinajstić information content (AvgIpc) is 2.61. The van der Waals surface area contributed by atoms with Crippen LogP contribution >= 0.6 is 15.9 Å². The lowest BCUT2D eigenvalue weighted by Gasteiger charge is -2.09. The Bertz CT molecular complexity index is 806. The molecule has 0 aliphatic carbocycles. The second kappa shape index (κ2) is 8.89. The van der Waals surface area contributed by atoms with E-state index in [0.717, 1.165) is 4.47 Å². The molecule has 7 heteroatoms. The maximum Gasteiger partial charge on any atom is 0.275 e. The molecule has 130 valence electrons. The Kier molecular flexibility index (Phi) is 6.59. The molecule has 0 aliphatic heterocycles. The maximum atomic E-state index is 12.3. The molecule has 2 N–H and O–H groups in total. The summed E-state index contributed by atoms with van der Waals surface area (Å²) in [6, 6.07) is 9.84. The van der Waals surface area contributed by atoms with Crippen molar-refractivity contribution in [3.05, 3.63) is 64.7 Å². The minimum Gasteiger partial charge on any atom is -0.504 e. The van der Waals surface area contributed by atoms with E-state index in [9.17, 15) is 9.90 Å². The third-order valence-electron chi connectivity index (χ3n) is 3.13. The van der Waals surface area contributed by atoms with E-state index in [1.54, 1.807) is 36.4 Å². The van der Waals surface area contributed by atoms with Crippen LogP contribution in [0.4, 0.5) is 0 Å². The number of carbonyl (C=O) groups excluding carboxylic acids is 1. The highest BCUT2D eigenvalue weighted by molar-refractivity contribution is 9.10. The van der Waals surface area contributed by atoms with Gasteiger partial charge in [0.05, 0.1) is 18.9 Å². The van der Waals surface area contributed by atoms with Crippen LogP contribution in [0.2, 0.25) is 0 Å². The summed E-state index contributed by atoms with van der Waals surface area (Å²) in [5.41, 5.74) is 3.45. The van der Waals surface area contributed by atoms with Crippen LogP contribution in [0.3, 0.4) is 0 Å². The van der Waals surface area contributed by atoms with Gasteiger partial charge in [-0.15, -0.1) is 0 Å². The fourth-order valence-corrected chi connectivity index (χ4v) is 2.32. The van der Waals surface area contributed by atoms with Crippen molar-refractivity contribution >= 4 is 28.1 Å². The standard InChI is InChI=1S/C18H17BrN2O4/c1-3-8-25-16-7-5-13(19)10-14(16)18(23)21-20-11-12-4-6-15(22)17(9-12)24-2/h3-7,9-11,22H,1,8H2,2H3,(H,21,23)/b20-11+. The summed E-state index contributed by atoms with van der Waals surface area (Å²) in [7, 11) is 1.45. The van der Waals surface area contributed by atoms with Crippen LogP contribution in [0, 0.1) is 0 Å². The van der Waals surface area contributed by atoms with Gasteiger partial charge in [0.2, 0.25) is 0 Å². The van der Waals surface area contributed by atoms with E-state index in [1.807, 2.05) is 0 Å². The monoisotopic (exact) mass is 404 g/mol. The molecule has 2 aromatic carbocycles. The number of aromatic hydroxyl groups is 1. The van der Waals surface area contributed by atoms with Gasteiger partial charge in [-0.25, -0.2) is 5.43 Å². The Morgan fingerprint density at radius 3 is 2.84 bits per heavy atom. The van der Waals surface area contributed by atoms with Crippen molar-refractivity contribution in [3.63, 3.8) is 0 Å². The number of phenolic OH excluding ortho intramolecular Hbond substituents is 1. The van der Waals surface area contributed by atoms with Gasteiger partial charge < -0.3 is 14.6 Å². The van der Waals surface area contributed by atoms with Gasteiger partial charge in [-0.2, -0.15) is 5.10 Å². The quantitative estimate of drug-likeness (QED) is 0.420. The molecule has 1 amide bonds. The number of ether oxygens (including phenoxy) is 2. The van der Waals surface area contributed by atoms with Crippen molar-refractivity contribution in [1.29, 1.82) is 0 Å². The van der Waals surface area contributed by atoms with Gasteiger partial charge in [0, 0.05) is 4.47 Å². The van der Waals surface area contributed by atoms with Crippen LogP contribution in [0.15, 0.2) is 58.6 Å². The first-order valence-corrected chi connectivity index (χ1v) is 8.08. The Morgan fingerprint density at radius 1 is 1.32 bits per heavy atom. The second-order valence-electron chi connectivity index (χ2n) is 4.87. The molecular weight excluding hydrogens is 388 g/mol. The lowest BCUT2D eigenvalue weighted by atomic mass is 10.2. The van der Waals surface area contributed by atoms with E-state index >= 15 is 0 Å². The van der Waals surface area contributed by atoms with Gasteiger partial charge in [-0.3, -0.25) is 4.79 Å². The molecule has 0 aromatic heterocycles. The van der Waals surface area contributed by atoms with Gasteiger partial charge in [-0.1, -0.05) is 28.6 Å². The van der Waals surface area contributed by atoms with Crippen LogP contribution in [0.25, 0.3) is 0 Å². The fourth-order valence-electron chi connectivity index (χ4n) is 1.95. The molecule has 0 aliphatic rings. The van der Waals surface area contributed by atoms with Gasteiger partial charge in [-0.05, 0) is 42.0 Å². The highest BCUT2D eigenvalue weighted by atomic mass is 79.9. The molecule has 0 atom stereocenters. The third-order valence-corrected chi connectivity index (χ3v) is 3.62. The van der Waals surface area contributed by atoms with Crippen LogP contribution in [-0.2, 0) is 0 Å². The van der Waals surface area contributed by atoms with Crippen LogP contribution in [0.5, 0.6) is 17.2 Å². The van der Waals surface area contributed by atoms with Gasteiger partial charge in [0.1, 0.15) is 12.4 Å². The zero-order valence-electron chi connectivity index (χ0n) is 13.5. The number of carbonyl (C=O) groups is 1. The van der Waals surface area contributed by atoms with Gasteiger partial charge in [0.25, 0.3) is 5.91 Å². The predicted octanol–water partition coefficient (Wildman–Crippen LogP) is 3.49. The summed E-state index contributed by atoms with van der Waals surface area (Å²) in [6.45, 7) is 3.88. The first-order valence-electron chi connectivity index (χ1n) is 7.28. The summed E-state index contributed by atoms with van der Waals surface area (Å²) in [6.07, 6.45) is 3.04. The lowest BCUT2D eigenvalue weighted by Crippen LogP contribution is -2.19. The molecule has 0 heterocycles. The Balaban J connectivity index is 2.12. The number of methoxy groups -OCH3 is 1. The molecule has 0 saturated heterocycles. The van der Waals surface area contributed by atoms with E-state index in [1.165, 1.54) is 19.4 Å². The normalized spacial score (nSPS) is 10.5. The topological polar surface area (TPSA) is 80.2 Å². The number of halogens is 1. The lowest BCUT2D eigenvalue weighted by molar-refractivity contribution is 0.0951. The molecular formula is C18H17BrN2O4. The number of nitrogens with zero attached hydrogens (tertiary/aromatic N) is 1. The largest absolute Gasteiger partial charge is 0.504 e. The highest BCUT2D eigenvalue weighted by Gasteiger charge is 2.12. The number of hydrogen-bond acceptors (Lipinski definition) is 5. The summed E-state index contributed by atoms with van der Waals surface area (Å²) < 4.78 is 11.2. The zero-order valence-corrected chi connectivity index (χ0v) is 15.1. The smallest absolute Gasteiger partial charge is 0.275 e. The number of phenols is 1. The van der Waals surface area contributed by atoms with Crippen molar-refractivity contribution in [3.8, 4) is 17.2 Å². The summed E-state index contributed by atoms with van der Waals surface area (Å²) in [4.78, 5) is 12.3. The molecule has 0 saturated carbocycles.